The van der Waals surface area contributed by atoms with Crippen LogP contribution >= 0.6 is 11.8 Å². The standard InChI is InChI=1S/C15H17N3O2S/c1-10(2)11-3-5-12(6-4-11)17-14(20)9-21-15-16-8-7-13(19)18-15/h3-8,10H,9H2,1-2H3,(H,17,20)(H,16,18,19). The van der Waals surface area contributed by atoms with Crippen LogP contribution in [0.4, 0.5) is 5.69 Å². The molecule has 0 spiro atoms. The molecule has 2 aromatic rings. The molecular weight excluding hydrogens is 286 g/mol. The number of carbonyl (C=O) groups is 1. The Morgan fingerprint density at radius 2 is 2.00 bits per heavy atom. The molecule has 0 bridgehead atoms. The van der Waals surface area contributed by atoms with E-state index in [-0.39, 0.29) is 17.2 Å². The van der Waals surface area contributed by atoms with Crippen LogP contribution in [0.2, 0.25) is 0 Å². The van der Waals surface area contributed by atoms with Gasteiger partial charge in [0.1, 0.15) is 0 Å². The predicted octanol–water partition coefficient (Wildman–Crippen LogP) is 2.62. The van der Waals surface area contributed by atoms with E-state index in [1.165, 1.54) is 29.6 Å². The maximum atomic E-state index is 11.8. The summed E-state index contributed by atoms with van der Waals surface area (Å²) in [5, 5.41) is 3.25. The van der Waals surface area contributed by atoms with E-state index in [2.05, 4.69) is 29.1 Å². The van der Waals surface area contributed by atoms with Crippen molar-refractivity contribution in [1.29, 1.82) is 0 Å². The van der Waals surface area contributed by atoms with Gasteiger partial charge >= 0.3 is 0 Å². The molecule has 0 saturated carbocycles. The van der Waals surface area contributed by atoms with Crippen molar-refractivity contribution in [2.75, 3.05) is 11.1 Å². The molecule has 0 aliphatic heterocycles. The van der Waals surface area contributed by atoms with E-state index in [1.54, 1.807) is 0 Å². The Bertz CT molecular complexity index is 665. The number of hydrogen-bond acceptors (Lipinski definition) is 4. The number of thioether (sulfide) groups is 1. The van der Waals surface area contributed by atoms with Gasteiger partial charge in [0.15, 0.2) is 5.16 Å². The van der Waals surface area contributed by atoms with Crippen molar-refractivity contribution < 1.29 is 4.79 Å². The number of benzene rings is 1. The van der Waals surface area contributed by atoms with Crippen molar-refractivity contribution in [3.63, 3.8) is 0 Å². The second kappa shape index (κ2) is 7.08. The van der Waals surface area contributed by atoms with E-state index < -0.39 is 0 Å². The number of anilines is 1. The number of rotatable bonds is 5. The van der Waals surface area contributed by atoms with E-state index in [4.69, 9.17) is 0 Å². The summed E-state index contributed by atoms with van der Waals surface area (Å²) >= 11 is 1.19. The van der Waals surface area contributed by atoms with Crippen LogP contribution in [0.1, 0.15) is 25.3 Å². The Kier molecular flexibility index (Phi) is 5.16. The first-order valence-electron chi connectivity index (χ1n) is 6.62. The van der Waals surface area contributed by atoms with Gasteiger partial charge in [-0.1, -0.05) is 37.7 Å². The number of nitrogens with one attached hydrogen (secondary N) is 2. The third kappa shape index (κ3) is 4.75. The molecule has 6 heteroatoms. The van der Waals surface area contributed by atoms with Gasteiger partial charge in [-0.2, -0.15) is 0 Å². The van der Waals surface area contributed by atoms with Crippen LogP contribution in [0.3, 0.4) is 0 Å². The lowest BCUT2D eigenvalue weighted by Crippen LogP contribution is -2.15. The first-order valence-corrected chi connectivity index (χ1v) is 7.61. The van der Waals surface area contributed by atoms with Crippen molar-refractivity contribution in [2.45, 2.75) is 24.9 Å². The van der Waals surface area contributed by atoms with Crippen molar-refractivity contribution in [3.05, 3.63) is 52.4 Å². The highest BCUT2D eigenvalue weighted by molar-refractivity contribution is 7.99. The molecular formula is C15H17N3O2S. The van der Waals surface area contributed by atoms with Crippen LogP contribution in [0.15, 0.2) is 46.5 Å². The molecule has 0 aliphatic carbocycles. The number of aromatic nitrogens is 2. The molecule has 0 saturated heterocycles. The molecule has 1 aromatic heterocycles. The fourth-order valence-corrected chi connectivity index (χ4v) is 2.36. The van der Waals surface area contributed by atoms with Gasteiger partial charge in [0, 0.05) is 18.0 Å². The van der Waals surface area contributed by atoms with E-state index >= 15 is 0 Å². The normalized spacial score (nSPS) is 10.6. The maximum absolute atomic E-state index is 11.8. The van der Waals surface area contributed by atoms with E-state index in [0.29, 0.717) is 11.1 Å². The summed E-state index contributed by atoms with van der Waals surface area (Å²) in [5.74, 6) is 0.522. The van der Waals surface area contributed by atoms with Gasteiger partial charge in [0.2, 0.25) is 5.91 Å². The summed E-state index contributed by atoms with van der Waals surface area (Å²) in [6.07, 6.45) is 1.42. The van der Waals surface area contributed by atoms with Gasteiger partial charge in [-0.15, -0.1) is 0 Å². The molecule has 5 nitrogen and oxygen atoms in total. The average Bonchev–Trinajstić information content (AvgIpc) is 2.46. The van der Waals surface area contributed by atoms with E-state index in [0.717, 1.165) is 5.69 Å². The summed E-state index contributed by atoms with van der Waals surface area (Å²) in [7, 11) is 0. The van der Waals surface area contributed by atoms with Gasteiger partial charge in [-0.3, -0.25) is 9.59 Å². The van der Waals surface area contributed by atoms with Crippen molar-refractivity contribution in [2.24, 2.45) is 0 Å². The lowest BCUT2D eigenvalue weighted by molar-refractivity contribution is -0.113. The largest absolute Gasteiger partial charge is 0.325 e. The van der Waals surface area contributed by atoms with Crippen LogP contribution < -0.4 is 10.9 Å². The lowest BCUT2D eigenvalue weighted by atomic mass is 10.0. The van der Waals surface area contributed by atoms with Crippen LogP contribution in [0, 0.1) is 0 Å². The first-order chi connectivity index (χ1) is 10.0. The number of H-pyrrole nitrogens is 1. The molecule has 0 unspecified atom stereocenters. The summed E-state index contributed by atoms with van der Waals surface area (Å²) in [5.41, 5.74) is 1.77. The number of aromatic amines is 1. The van der Waals surface area contributed by atoms with Gasteiger partial charge in [-0.05, 0) is 23.6 Å². The number of carbonyl (C=O) groups excluding carboxylic acids is 1. The lowest BCUT2D eigenvalue weighted by Gasteiger charge is -2.08. The topological polar surface area (TPSA) is 74.8 Å². The monoisotopic (exact) mass is 303 g/mol. The Hall–Kier alpha value is -2.08. The molecule has 2 N–H and O–H groups in total. The van der Waals surface area contributed by atoms with Gasteiger partial charge in [0.05, 0.1) is 5.75 Å². The zero-order valence-corrected chi connectivity index (χ0v) is 12.7. The zero-order valence-electron chi connectivity index (χ0n) is 11.9. The first kappa shape index (κ1) is 15.3. The van der Waals surface area contributed by atoms with Gasteiger partial charge in [-0.25, -0.2) is 4.98 Å². The second-order valence-corrected chi connectivity index (χ2v) is 5.82. The summed E-state index contributed by atoms with van der Waals surface area (Å²) < 4.78 is 0. The van der Waals surface area contributed by atoms with Crippen LogP contribution in [-0.2, 0) is 4.79 Å². The highest BCUT2D eigenvalue weighted by atomic mass is 32.2. The Labute approximate surface area is 127 Å². The highest BCUT2D eigenvalue weighted by Gasteiger charge is 2.06. The maximum Gasteiger partial charge on any atom is 0.251 e. The molecule has 1 heterocycles. The van der Waals surface area contributed by atoms with Crippen molar-refractivity contribution >= 4 is 23.4 Å². The third-order valence-corrected chi connectivity index (χ3v) is 3.74. The quantitative estimate of drug-likeness (QED) is 0.657. The van der Waals surface area contributed by atoms with Gasteiger partial charge < -0.3 is 10.3 Å². The van der Waals surface area contributed by atoms with Crippen LogP contribution in [0.25, 0.3) is 0 Å². The Morgan fingerprint density at radius 3 is 2.62 bits per heavy atom. The fourth-order valence-electron chi connectivity index (χ4n) is 1.71. The smallest absolute Gasteiger partial charge is 0.251 e. The molecule has 0 atom stereocenters. The number of nitrogens with zero attached hydrogens (tertiary/aromatic N) is 1. The van der Waals surface area contributed by atoms with Crippen molar-refractivity contribution in [3.8, 4) is 0 Å². The molecule has 1 aromatic carbocycles. The average molecular weight is 303 g/mol. The van der Waals surface area contributed by atoms with E-state index in [1.807, 2.05) is 24.3 Å². The number of amides is 1. The third-order valence-electron chi connectivity index (χ3n) is 2.85. The predicted molar refractivity (Wildman–Crippen MR) is 84.7 cm³/mol. The minimum atomic E-state index is -0.225. The van der Waals surface area contributed by atoms with Crippen LogP contribution in [-0.4, -0.2) is 21.6 Å². The second-order valence-electron chi connectivity index (χ2n) is 4.85. The molecule has 0 radical (unpaired) electrons. The molecule has 0 aliphatic rings. The summed E-state index contributed by atoms with van der Waals surface area (Å²) in [6, 6.07) is 9.12. The van der Waals surface area contributed by atoms with Crippen molar-refractivity contribution in [1.82, 2.24) is 9.97 Å². The summed E-state index contributed by atoms with van der Waals surface area (Å²) in [6.45, 7) is 4.25. The molecule has 110 valence electrons. The fraction of sp³-hybridized carbons (Fsp3) is 0.267. The Morgan fingerprint density at radius 1 is 1.29 bits per heavy atom. The minimum Gasteiger partial charge on any atom is -0.325 e. The molecule has 21 heavy (non-hydrogen) atoms. The SMILES string of the molecule is CC(C)c1ccc(NC(=O)CSc2nccc(=O)[nH]2)cc1. The zero-order chi connectivity index (χ0) is 15.2. The minimum absolute atomic E-state index is 0.135. The van der Waals surface area contributed by atoms with E-state index in [9.17, 15) is 9.59 Å². The Balaban J connectivity index is 1.88. The van der Waals surface area contributed by atoms with Gasteiger partial charge in [0.25, 0.3) is 5.56 Å². The van der Waals surface area contributed by atoms with Crippen LogP contribution in [0.5, 0.6) is 0 Å². The molecule has 0 fully saturated rings. The molecule has 1 amide bonds. The number of hydrogen-bond donors (Lipinski definition) is 2. The summed E-state index contributed by atoms with van der Waals surface area (Å²) in [4.78, 5) is 29.5. The molecule has 2 rings (SSSR count). The highest BCUT2D eigenvalue weighted by Crippen LogP contribution is 2.17.